The van der Waals surface area contributed by atoms with Crippen molar-refractivity contribution in [1.29, 1.82) is 0 Å². The monoisotopic (exact) mass is 529 g/mol. The highest BCUT2D eigenvalue weighted by atomic mass is 79.9. The number of esters is 1. The second-order valence-corrected chi connectivity index (χ2v) is 9.51. The first-order valence-corrected chi connectivity index (χ1v) is 12.0. The number of dihydropyridines is 1. The van der Waals surface area contributed by atoms with Crippen LogP contribution in [0.4, 0.5) is 0 Å². The summed E-state index contributed by atoms with van der Waals surface area (Å²) in [5.74, 6) is -0.884. The minimum atomic E-state index is -0.509. The molecule has 0 saturated carbocycles. The third kappa shape index (κ3) is 4.93. The van der Waals surface area contributed by atoms with Crippen molar-refractivity contribution in [3.05, 3.63) is 91.7 Å². The van der Waals surface area contributed by atoms with Gasteiger partial charge in [-0.15, -0.1) is 0 Å². The standard InChI is InChI=1S/C26H25BrClNO4/c1-15-23(26(31)33-12-11-32-2)24(19-5-3-4-6-20(19)27)25-21(29-15)13-17(14-22(25)30)16-7-9-18(28)10-8-16/h3-10,17,24,29H,11-14H2,1-2H3. The summed E-state index contributed by atoms with van der Waals surface area (Å²) in [6, 6.07) is 15.3. The lowest BCUT2D eigenvalue weighted by atomic mass is 9.72. The van der Waals surface area contributed by atoms with Gasteiger partial charge in [-0.25, -0.2) is 4.79 Å². The fourth-order valence-corrected chi connectivity index (χ4v) is 5.24. The number of benzene rings is 2. The summed E-state index contributed by atoms with van der Waals surface area (Å²) in [5.41, 5.74) is 4.58. The van der Waals surface area contributed by atoms with Gasteiger partial charge in [-0.1, -0.05) is 57.9 Å². The van der Waals surface area contributed by atoms with Crippen LogP contribution in [0.2, 0.25) is 5.02 Å². The fraction of sp³-hybridized carbons (Fsp3) is 0.308. The van der Waals surface area contributed by atoms with Gasteiger partial charge < -0.3 is 14.8 Å². The molecule has 2 atom stereocenters. The van der Waals surface area contributed by atoms with E-state index in [1.165, 1.54) is 0 Å². The van der Waals surface area contributed by atoms with E-state index < -0.39 is 11.9 Å². The van der Waals surface area contributed by atoms with Crippen molar-refractivity contribution in [1.82, 2.24) is 5.32 Å². The van der Waals surface area contributed by atoms with Crippen LogP contribution in [-0.2, 0) is 19.1 Å². The molecule has 0 spiro atoms. The number of Topliss-reactive ketones (excluding diaryl/α,β-unsaturated/α-hetero) is 1. The van der Waals surface area contributed by atoms with Crippen molar-refractivity contribution in [2.24, 2.45) is 0 Å². The molecule has 2 aromatic carbocycles. The summed E-state index contributed by atoms with van der Waals surface area (Å²) >= 11 is 9.67. The molecule has 0 radical (unpaired) electrons. The van der Waals surface area contributed by atoms with Crippen molar-refractivity contribution >= 4 is 39.3 Å². The molecule has 0 amide bonds. The predicted octanol–water partition coefficient (Wildman–Crippen LogP) is 5.65. The zero-order valence-electron chi connectivity index (χ0n) is 18.5. The van der Waals surface area contributed by atoms with E-state index >= 15 is 0 Å². The molecule has 0 aromatic heterocycles. The van der Waals surface area contributed by atoms with E-state index in [0.29, 0.717) is 41.3 Å². The molecule has 1 aliphatic heterocycles. The number of ketones is 1. The van der Waals surface area contributed by atoms with Gasteiger partial charge in [0.1, 0.15) is 6.61 Å². The number of halogens is 2. The first kappa shape index (κ1) is 23.7. The van der Waals surface area contributed by atoms with Crippen molar-refractivity contribution in [2.75, 3.05) is 20.3 Å². The number of methoxy groups -OCH3 is 1. The average Bonchev–Trinajstić information content (AvgIpc) is 2.79. The van der Waals surface area contributed by atoms with Crippen LogP contribution in [0.3, 0.4) is 0 Å². The Morgan fingerprint density at radius 3 is 2.55 bits per heavy atom. The molecule has 0 saturated heterocycles. The van der Waals surface area contributed by atoms with Crippen LogP contribution >= 0.6 is 27.5 Å². The summed E-state index contributed by atoms with van der Waals surface area (Å²) in [6.45, 7) is 2.31. The number of hydrogen-bond acceptors (Lipinski definition) is 5. The smallest absolute Gasteiger partial charge is 0.336 e. The Kier molecular flexibility index (Phi) is 7.37. The van der Waals surface area contributed by atoms with Gasteiger partial charge in [0, 0.05) is 45.9 Å². The maximum Gasteiger partial charge on any atom is 0.336 e. The summed E-state index contributed by atoms with van der Waals surface area (Å²) < 4.78 is 11.3. The first-order valence-electron chi connectivity index (χ1n) is 10.8. The van der Waals surface area contributed by atoms with Gasteiger partial charge in [0.15, 0.2) is 5.78 Å². The predicted molar refractivity (Wildman–Crippen MR) is 131 cm³/mol. The molecular weight excluding hydrogens is 506 g/mol. The molecule has 1 aliphatic carbocycles. The van der Waals surface area contributed by atoms with Crippen molar-refractivity contribution in [3.63, 3.8) is 0 Å². The summed E-state index contributed by atoms with van der Waals surface area (Å²) in [7, 11) is 1.55. The van der Waals surface area contributed by atoms with Crippen LogP contribution < -0.4 is 5.32 Å². The zero-order chi connectivity index (χ0) is 23.5. The van der Waals surface area contributed by atoms with Gasteiger partial charge in [0.25, 0.3) is 0 Å². The van der Waals surface area contributed by atoms with E-state index in [9.17, 15) is 9.59 Å². The Labute approximate surface area is 206 Å². The lowest BCUT2D eigenvalue weighted by Crippen LogP contribution is -2.36. The summed E-state index contributed by atoms with van der Waals surface area (Å²) in [6.07, 6.45) is 1.04. The Hall–Kier alpha value is -2.41. The summed E-state index contributed by atoms with van der Waals surface area (Å²) in [4.78, 5) is 26.7. The van der Waals surface area contributed by atoms with Crippen LogP contribution in [0.25, 0.3) is 0 Å². The quantitative estimate of drug-likeness (QED) is 0.386. The molecular formula is C26H25BrClNO4. The summed E-state index contributed by atoms with van der Waals surface area (Å²) in [5, 5.41) is 4.03. The van der Waals surface area contributed by atoms with Gasteiger partial charge in [-0.05, 0) is 48.6 Å². The highest BCUT2D eigenvalue weighted by molar-refractivity contribution is 9.10. The van der Waals surface area contributed by atoms with Crippen molar-refractivity contribution in [3.8, 4) is 0 Å². The molecule has 4 rings (SSSR count). The van der Waals surface area contributed by atoms with Crippen LogP contribution in [0.15, 0.2) is 75.5 Å². The number of nitrogens with one attached hydrogen (secondary N) is 1. The highest BCUT2D eigenvalue weighted by Crippen LogP contribution is 2.47. The number of hydrogen-bond donors (Lipinski definition) is 1. The minimum absolute atomic E-state index is 0.0270. The van der Waals surface area contributed by atoms with Gasteiger partial charge in [0.05, 0.1) is 12.2 Å². The van der Waals surface area contributed by atoms with Crippen LogP contribution in [0.1, 0.15) is 42.7 Å². The van der Waals surface area contributed by atoms with Crippen LogP contribution in [-0.4, -0.2) is 32.1 Å². The third-order valence-electron chi connectivity index (χ3n) is 6.13. The third-order valence-corrected chi connectivity index (χ3v) is 7.10. The minimum Gasteiger partial charge on any atom is -0.460 e. The van der Waals surface area contributed by atoms with Crippen LogP contribution in [0.5, 0.6) is 0 Å². The molecule has 2 aromatic rings. The lowest BCUT2D eigenvalue weighted by molar-refractivity contribution is -0.140. The largest absolute Gasteiger partial charge is 0.460 e. The Bertz CT molecular complexity index is 1140. The zero-order valence-corrected chi connectivity index (χ0v) is 20.8. The van der Waals surface area contributed by atoms with Crippen LogP contribution in [0, 0.1) is 0 Å². The topological polar surface area (TPSA) is 64.6 Å². The van der Waals surface area contributed by atoms with Crippen molar-refractivity contribution in [2.45, 2.75) is 31.6 Å². The number of carbonyl (C=O) groups is 2. The fourth-order valence-electron chi connectivity index (χ4n) is 4.60. The van der Waals surface area contributed by atoms with E-state index in [1.807, 2.05) is 55.5 Å². The molecule has 0 bridgehead atoms. The molecule has 172 valence electrons. The van der Waals surface area contributed by atoms with Gasteiger partial charge in [-0.3, -0.25) is 4.79 Å². The first-order chi connectivity index (χ1) is 15.9. The highest BCUT2D eigenvalue weighted by Gasteiger charge is 2.42. The maximum absolute atomic E-state index is 13.6. The molecule has 0 fully saturated rings. The molecule has 1 heterocycles. The number of carbonyl (C=O) groups excluding carboxylic acids is 2. The Morgan fingerprint density at radius 1 is 1.12 bits per heavy atom. The Morgan fingerprint density at radius 2 is 1.85 bits per heavy atom. The molecule has 1 N–H and O–H groups in total. The SMILES string of the molecule is COCCOC(=O)C1=C(C)NC2=C(C(=O)CC(c3ccc(Cl)cc3)C2)C1c1ccccc1Br. The van der Waals surface area contributed by atoms with E-state index in [0.717, 1.165) is 21.3 Å². The van der Waals surface area contributed by atoms with Crippen molar-refractivity contribution < 1.29 is 19.1 Å². The number of rotatable bonds is 6. The molecule has 33 heavy (non-hydrogen) atoms. The molecule has 2 unspecified atom stereocenters. The second-order valence-electron chi connectivity index (χ2n) is 8.22. The Balaban J connectivity index is 1.76. The second kappa shape index (κ2) is 10.2. The number of ether oxygens (including phenoxy) is 2. The number of allylic oxidation sites excluding steroid dienone is 3. The van der Waals surface area contributed by atoms with Gasteiger partial charge >= 0.3 is 5.97 Å². The average molecular weight is 531 g/mol. The van der Waals surface area contributed by atoms with E-state index in [4.69, 9.17) is 21.1 Å². The van der Waals surface area contributed by atoms with Gasteiger partial charge in [0.2, 0.25) is 0 Å². The molecule has 7 heteroatoms. The maximum atomic E-state index is 13.6. The van der Waals surface area contributed by atoms with E-state index in [-0.39, 0.29) is 18.3 Å². The normalized spacial score (nSPS) is 20.4. The molecule has 2 aliphatic rings. The van der Waals surface area contributed by atoms with E-state index in [1.54, 1.807) is 7.11 Å². The van der Waals surface area contributed by atoms with Gasteiger partial charge in [-0.2, -0.15) is 0 Å². The molecule has 5 nitrogen and oxygen atoms in total. The van der Waals surface area contributed by atoms with E-state index in [2.05, 4.69) is 21.2 Å². The lowest BCUT2D eigenvalue weighted by Gasteiger charge is -2.37.